The van der Waals surface area contributed by atoms with Gasteiger partial charge in [-0.05, 0) is 6.92 Å². The number of hydrogen-bond acceptors (Lipinski definition) is 6. The van der Waals surface area contributed by atoms with E-state index in [9.17, 15) is 21.6 Å². The molecule has 0 aliphatic carbocycles. The topological polar surface area (TPSA) is 85.1 Å². The Labute approximate surface area is 101 Å². The Balaban J connectivity index is 2.59. The van der Waals surface area contributed by atoms with Gasteiger partial charge in [0.15, 0.2) is 15.7 Å². The molecule has 1 unspecified atom stereocenters. The normalized spacial score (nSPS) is 14.7. The Kier molecular flexibility index (Phi) is 4.32. The molecule has 6 nitrogen and oxygen atoms in total. The Hall–Kier alpha value is -1.16. The molecule has 0 bridgehead atoms. The largest absolute Gasteiger partial charge is 0.401 e. The van der Waals surface area contributed by atoms with E-state index in [0.29, 0.717) is 0 Å². The fraction of sp³-hybridized carbons (Fsp3) is 0.750. The van der Waals surface area contributed by atoms with Crippen LogP contribution in [0.15, 0.2) is 4.52 Å². The van der Waals surface area contributed by atoms with Gasteiger partial charge in [0.1, 0.15) is 5.25 Å². The van der Waals surface area contributed by atoms with Gasteiger partial charge < -0.3 is 9.84 Å². The number of nitrogens with zero attached hydrogens (tertiary/aromatic N) is 2. The van der Waals surface area contributed by atoms with Gasteiger partial charge in [-0.15, -0.1) is 0 Å². The molecule has 0 aliphatic rings. The standard InChI is InChI=1S/C8H12F3N3O3S/c1-5(18(2,15)16)7-13-6(17-14-7)3-12-4-8(9,10)11/h5,12H,3-4H2,1-2H3. The van der Waals surface area contributed by atoms with Crippen molar-refractivity contribution in [2.75, 3.05) is 12.8 Å². The average Bonchev–Trinajstić information content (AvgIpc) is 2.61. The lowest BCUT2D eigenvalue weighted by Crippen LogP contribution is -2.28. The van der Waals surface area contributed by atoms with Crippen molar-refractivity contribution in [1.29, 1.82) is 0 Å². The van der Waals surface area contributed by atoms with E-state index in [0.717, 1.165) is 6.26 Å². The van der Waals surface area contributed by atoms with Crippen LogP contribution in [-0.4, -0.2) is 37.5 Å². The SMILES string of the molecule is CC(c1noc(CNCC(F)(F)F)n1)S(C)(=O)=O. The van der Waals surface area contributed by atoms with Crippen molar-refractivity contribution in [1.82, 2.24) is 15.5 Å². The van der Waals surface area contributed by atoms with Crippen LogP contribution in [0.5, 0.6) is 0 Å². The molecule has 1 atom stereocenters. The molecule has 0 fully saturated rings. The predicted octanol–water partition coefficient (Wildman–Crippen LogP) is 0.827. The highest BCUT2D eigenvalue weighted by atomic mass is 32.2. The van der Waals surface area contributed by atoms with Crippen LogP contribution in [0.3, 0.4) is 0 Å². The summed E-state index contributed by atoms with van der Waals surface area (Å²) in [7, 11) is -3.37. The summed E-state index contributed by atoms with van der Waals surface area (Å²) in [6.45, 7) is -0.0948. The zero-order chi connectivity index (χ0) is 14.0. The van der Waals surface area contributed by atoms with E-state index in [4.69, 9.17) is 0 Å². The zero-order valence-electron chi connectivity index (χ0n) is 9.65. The minimum atomic E-state index is -4.33. The van der Waals surface area contributed by atoms with Crippen molar-refractivity contribution in [3.8, 4) is 0 Å². The van der Waals surface area contributed by atoms with Gasteiger partial charge >= 0.3 is 6.18 Å². The Morgan fingerprint density at radius 2 is 2.06 bits per heavy atom. The number of nitrogens with one attached hydrogen (secondary N) is 1. The minimum absolute atomic E-state index is 0.0682. The molecule has 0 amide bonds. The third-order valence-electron chi connectivity index (χ3n) is 2.09. The Bertz CT molecular complexity index is 497. The Morgan fingerprint density at radius 1 is 1.44 bits per heavy atom. The summed E-state index contributed by atoms with van der Waals surface area (Å²) in [6.07, 6.45) is -3.32. The summed E-state index contributed by atoms with van der Waals surface area (Å²) in [5.41, 5.74) is 0. The number of hydrogen-bond donors (Lipinski definition) is 1. The van der Waals surface area contributed by atoms with E-state index >= 15 is 0 Å². The average molecular weight is 287 g/mol. The van der Waals surface area contributed by atoms with Gasteiger partial charge in [-0.25, -0.2) is 8.42 Å². The van der Waals surface area contributed by atoms with Crippen molar-refractivity contribution in [3.05, 3.63) is 11.7 Å². The maximum atomic E-state index is 11.8. The molecule has 10 heteroatoms. The highest BCUT2D eigenvalue weighted by Gasteiger charge is 2.27. The lowest BCUT2D eigenvalue weighted by molar-refractivity contribution is -0.125. The number of rotatable bonds is 5. The van der Waals surface area contributed by atoms with Crippen LogP contribution in [0.25, 0.3) is 0 Å². The molecule has 1 heterocycles. The van der Waals surface area contributed by atoms with Crippen LogP contribution in [0.4, 0.5) is 13.2 Å². The summed E-state index contributed by atoms with van der Waals surface area (Å²) in [5, 5.41) is 4.51. The van der Waals surface area contributed by atoms with Gasteiger partial charge in [0.05, 0.1) is 13.1 Å². The molecular weight excluding hydrogens is 275 g/mol. The van der Waals surface area contributed by atoms with Crippen LogP contribution < -0.4 is 5.32 Å². The molecule has 0 aromatic carbocycles. The molecule has 1 aromatic rings. The highest BCUT2D eigenvalue weighted by molar-refractivity contribution is 7.90. The maximum Gasteiger partial charge on any atom is 0.401 e. The van der Waals surface area contributed by atoms with Gasteiger partial charge in [-0.3, -0.25) is 0 Å². The fourth-order valence-corrected chi connectivity index (χ4v) is 1.49. The highest BCUT2D eigenvalue weighted by Crippen LogP contribution is 2.17. The van der Waals surface area contributed by atoms with Crippen LogP contribution in [0.1, 0.15) is 23.9 Å². The monoisotopic (exact) mass is 287 g/mol. The van der Waals surface area contributed by atoms with Crippen molar-refractivity contribution >= 4 is 9.84 Å². The van der Waals surface area contributed by atoms with Crippen molar-refractivity contribution in [2.24, 2.45) is 0 Å². The lowest BCUT2D eigenvalue weighted by Gasteiger charge is -2.05. The molecule has 104 valence electrons. The minimum Gasteiger partial charge on any atom is -0.338 e. The first-order valence-corrected chi connectivity index (χ1v) is 6.84. The van der Waals surface area contributed by atoms with E-state index in [1.165, 1.54) is 6.92 Å². The van der Waals surface area contributed by atoms with E-state index in [-0.39, 0.29) is 18.3 Å². The first-order valence-electron chi connectivity index (χ1n) is 4.88. The van der Waals surface area contributed by atoms with Crippen molar-refractivity contribution in [3.63, 3.8) is 0 Å². The van der Waals surface area contributed by atoms with E-state index in [2.05, 4.69) is 20.0 Å². The zero-order valence-corrected chi connectivity index (χ0v) is 10.5. The molecule has 0 aliphatic heterocycles. The molecular formula is C8H12F3N3O3S. The molecule has 1 N–H and O–H groups in total. The first kappa shape index (κ1) is 14.9. The van der Waals surface area contributed by atoms with Crippen molar-refractivity contribution in [2.45, 2.75) is 24.9 Å². The van der Waals surface area contributed by atoms with Crippen LogP contribution >= 0.6 is 0 Å². The van der Waals surface area contributed by atoms with Crippen LogP contribution in [-0.2, 0) is 16.4 Å². The molecule has 0 saturated heterocycles. The second-order valence-corrected chi connectivity index (χ2v) is 6.10. The lowest BCUT2D eigenvalue weighted by atomic mass is 10.4. The van der Waals surface area contributed by atoms with Crippen molar-refractivity contribution < 1.29 is 26.1 Å². The van der Waals surface area contributed by atoms with E-state index in [1.54, 1.807) is 0 Å². The van der Waals surface area contributed by atoms with Gasteiger partial charge in [-0.1, -0.05) is 5.16 Å². The molecule has 0 saturated carbocycles. The first-order chi connectivity index (χ1) is 8.09. The van der Waals surface area contributed by atoms with Crippen LogP contribution in [0.2, 0.25) is 0 Å². The maximum absolute atomic E-state index is 11.8. The van der Waals surface area contributed by atoms with Gasteiger partial charge in [0.2, 0.25) is 5.89 Å². The molecule has 1 aromatic heterocycles. The molecule has 18 heavy (non-hydrogen) atoms. The summed E-state index contributed by atoms with van der Waals surface area (Å²) in [6, 6.07) is 0. The number of halogens is 3. The molecule has 1 rings (SSSR count). The summed E-state index contributed by atoms with van der Waals surface area (Å²) in [5.74, 6) is -0.161. The second-order valence-electron chi connectivity index (χ2n) is 3.74. The summed E-state index contributed by atoms with van der Waals surface area (Å²) in [4.78, 5) is 3.71. The third kappa shape index (κ3) is 4.61. The second kappa shape index (κ2) is 5.22. The quantitative estimate of drug-likeness (QED) is 0.863. The van der Waals surface area contributed by atoms with Gasteiger partial charge in [-0.2, -0.15) is 18.2 Å². The summed E-state index contributed by atoms with van der Waals surface area (Å²) >= 11 is 0. The van der Waals surface area contributed by atoms with Gasteiger partial charge in [0, 0.05) is 6.26 Å². The Morgan fingerprint density at radius 3 is 2.56 bits per heavy atom. The summed E-state index contributed by atoms with van der Waals surface area (Å²) < 4.78 is 62.6. The van der Waals surface area contributed by atoms with E-state index < -0.39 is 27.8 Å². The fourth-order valence-electron chi connectivity index (χ4n) is 1.01. The number of sulfone groups is 1. The molecule has 0 spiro atoms. The van der Waals surface area contributed by atoms with E-state index in [1.807, 2.05) is 0 Å². The predicted molar refractivity (Wildman–Crippen MR) is 55.3 cm³/mol. The molecule has 0 radical (unpaired) electrons. The third-order valence-corrected chi connectivity index (χ3v) is 3.59. The van der Waals surface area contributed by atoms with Crippen LogP contribution in [0, 0.1) is 0 Å². The number of alkyl halides is 3. The van der Waals surface area contributed by atoms with Gasteiger partial charge in [0.25, 0.3) is 0 Å². The number of aromatic nitrogens is 2. The smallest absolute Gasteiger partial charge is 0.338 e.